The van der Waals surface area contributed by atoms with Crippen molar-refractivity contribution in [1.29, 1.82) is 0 Å². The van der Waals surface area contributed by atoms with E-state index in [4.69, 9.17) is 4.74 Å². The summed E-state index contributed by atoms with van der Waals surface area (Å²) in [5.41, 5.74) is 0. The van der Waals surface area contributed by atoms with Gasteiger partial charge in [-0.15, -0.1) is 0 Å². The zero-order valence-corrected chi connectivity index (χ0v) is 13.5. The second-order valence-electron chi connectivity index (χ2n) is 5.89. The Balaban J connectivity index is 0.000000678. The Hall–Kier alpha value is -0.0800. The van der Waals surface area contributed by atoms with Gasteiger partial charge in [-0.3, -0.25) is 0 Å². The van der Waals surface area contributed by atoms with Crippen molar-refractivity contribution >= 4 is 0 Å². The highest BCUT2D eigenvalue weighted by Crippen LogP contribution is 2.17. The highest BCUT2D eigenvalue weighted by atomic mass is 16.6. The van der Waals surface area contributed by atoms with Gasteiger partial charge in [0.25, 0.3) is 0 Å². The maximum absolute atomic E-state index is 9.23. The lowest BCUT2D eigenvalue weighted by Crippen LogP contribution is -2.05. The Labute approximate surface area is 120 Å². The highest BCUT2D eigenvalue weighted by molar-refractivity contribution is 4.59. The molecule has 1 fully saturated rings. The Morgan fingerprint density at radius 1 is 0.947 bits per heavy atom. The van der Waals surface area contributed by atoms with Crippen molar-refractivity contribution in [1.82, 2.24) is 0 Å². The molecule has 1 aliphatic heterocycles. The number of unbranched alkanes of at least 4 members (excludes halogenated alkanes) is 6. The molecule has 1 aliphatic rings. The van der Waals surface area contributed by atoms with Crippen molar-refractivity contribution in [3.63, 3.8) is 0 Å². The second-order valence-corrected chi connectivity index (χ2v) is 5.89. The molecule has 0 aromatic carbocycles. The van der Waals surface area contributed by atoms with Crippen LogP contribution in [0.3, 0.4) is 0 Å². The lowest BCUT2D eigenvalue weighted by Gasteiger charge is -2.13. The van der Waals surface area contributed by atoms with E-state index < -0.39 is 0 Å². The van der Waals surface area contributed by atoms with E-state index in [2.05, 4.69) is 20.8 Å². The summed E-state index contributed by atoms with van der Waals surface area (Å²) in [4.78, 5) is 0. The van der Waals surface area contributed by atoms with E-state index in [0.29, 0.717) is 18.6 Å². The lowest BCUT2D eigenvalue weighted by atomic mass is 9.95. The van der Waals surface area contributed by atoms with Crippen molar-refractivity contribution in [2.75, 3.05) is 13.2 Å². The molecule has 0 saturated carbocycles. The zero-order valence-electron chi connectivity index (χ0n) is 13.5. The average Bonchev–Trinajstić information content (AvgIpc) is 3.20. The molecule has 0 amide bonds. The summed E-state index contributed by atoms with van der Waals surface area (Å²) in [5, 5.41) is 9.23. The average molecular weight is 272 g/mol. The molecule has 0 bridgehead atoms. The van der Waals surface area contributed by atoms with Crippen LogP contribution in [0.15, 0.2) is 0 Å². The third-order valence-electron chi connectivity index (χ3n) is 3.69. The maximum atomic E-state index is 9.23. The first-order valence-electron chi connectivity index (χ1n) is 8.47. The standard InChI is InChI=1S/C14H30O.C3H6O/c1-3-5-7-8-10-12-14(13-15)11-9-6-4-2;1-3-2-4-3/h14-15H,3-13H2,1-2H3;3H,2H2,1H3. The molecule has 116 valence electrons. The van der Waals surface area contributed by atoms with Crippen molar-refractivity contribution in [2.45, 2.75) is 91.1 Å². The quantitative estimate of drug-likeness (QED) is 0.427. The van der Waals surface area contributed by atoms with E-state index in [9.17, 15) is 5.11 Å². The smallest absolute Gasteiger partial charge is 0.0781 e. The van der Waals surface area contributed by atoms with Gasteiger partial charge in [0.05, 0.1) is 12.7 Å². The topological polar surface area (TPSA) is 32.8 Å². The lowest BCUT2D eigenvalue weighted by molar-refractivity contribution is 0.204. The molecule has 2 nitrogen and oxygen atoms in total. The van der Waals surface area contributed by atoms with Gasteiger partial charge in [0.1, 0.15) is 0 Å². The van der Waals surface area contributed by atoms with Crippen molar-refractivity contribution < 1.29 is 9.84 Å². The molecule has 2 unspecified atom stereocenters. The van der Waals surface area contributed by atoms with Crippen LogP contribution >= 0.6 is 0 Å². The second kappa shape index (κ2) is 14.3. The van der Waals surface area contributed by atoms with Gasteiger partial charge >= 0.3 is 0 Å². The van der Waals surface area contributed by atoms with E-state index in [1.54, 1.807) is 0 Å². The number of hydrogen-bond donors (Lipinski definition) is 1. The van der Waals surface area contributed by atoms with Crippen molar-refractivity contribution in [2.24, 2.45) is 5.92 Å². The summed E-state index contributed by atoms with van der Waals surface area (Å²) in [6.07, 6.45) is 13.7. The Morgan fingerprint density at radius 2 is 1.37 bits per heavy atom. The van der Waals surface area contributed by atoms with Gasteiger partial charge in [0.15, 0.2) is 0 Å². The van der Waals surface area contributed by atoms with Crippen LogP contribution in [-0.2, 0) is 4.74 Å². The minimum absolute atomic E-state index is 0.400. The number of rotatable bonds is 11. The third kappa shape index (κ3) is 15.9. The van der Waals surface area contributed by atoms with Crippen LogP contribution in [-0.4, -0.2) is 24.4 Å². The van der Waals surface area contributed by atoms with E-state index in [-0.39, 0.29) is 0 Å². The molecule has 1 N–H and O–H groups in total. The molecule has 0 radical (unpaired) electrons. The fraction of sp³-hybridized carbons (Fsp3) is 1.00. The molecule has 1 saturated heterocycles. The molecule has 1 heterocycles. The van der Waals surface area contributed by atoms with Gasteiger partial charge in [-0.25, -0.2) is 0 Å². The van der Waals surface area contributed by atoms with Gasteiger partial charge in [-0.2, -0.15) is 0 Å². The summed E-state index contributed by atoms with van der Waals surface area (Å²) >= 11 is 0. The van der Waals surface area contributed by atoms with Crippen molar-refractivity contribution in [3.8, 4) is 0 Å². The molecule has 0 aliphatic carbocycles. The first-order chi connectivity index (χ1) is 9.24. The van der Waals surface area contributed by atoms with Crippen LogP contribution in [0.1, 0.15) is 85.0 Å². The normalized spacial score (nSPS) is 18.6. The van der Waals surface area contributed by atoms with Crippen LogP contribution in [0, 0.1) is 5.92 Å². The first kappa shape index (κ1) is 18.9. The molecule has 19 heavy (non-hydrogen) atoms. The third-order valence-corrected chi connectivity index (χ3v) is 3.69. The van der Waals surface area contributed by atoms with Crippen LogP contribution in [0.4, 0.5) is 0 Å². The van der Waals surface area contributed by atoms with Crippen molar-refractivity contribution in [3.05, 3.63) is 0 Å². The van der Waals surface area contributed by atoms with E-state index in [0.717, 1.165) is 6.61 Å². The highest BCUT2D eigenvalue weighted by Gasteiger charge is 2.13. The monoisotopic (exact) mass is 272 g/mol. The van der Waals surface area contributed by atoms with Crippen LogP contribution in [0.25, 0.3) is 0 Å². The first-order valence-corrected chi connectivity index (χ1v) is 8.47. The number of aliphatic hydroxyl groups excluding tert-OH is 1. The van der Waals surface area contributed by atoms with E-state index in [1.807, 2.05) is 0 Å². The number of aliphatic hydroxyl groups is 1. The minimum atomic E-state index is 0.400. The summed E-state index contributed by atoms with van der Waals surface area (Å²) in [5.74, 6) is 0.582. The predicted octanol–water partition coefficient (Wildman–Crippen LogP) is 4.94. The van der Waals surface area contributed by atoms with Crippen LogP contribution in [0.2, 0.25) is 0 Å². The summed E-state index contributed by atoms with van der Waals surface area (Å²) in [6.45, 7) is 7.93. The zero-order chi connectivity index (χ0) is 14.3. The fourth-order valence-corrected chi connectivity index (χ4v) is 2.14. The summed E-state index contributed by atoms with van der Waals surface area (Å²) in [6, 6.07) is 0. The largest absolute Gasteiger partial charge is 0.396 e. The molecule has 2 atom stereocenters. The Morgan fingerprint density at radius 3 is 1.79 bits per heavy atom. The van der Waals surface area contributed by atoms with E-state index >= 15 is 0 Å². The summed E-state index contributed by atoms with van der Waals surface area (Å²) < 4.78 is 4.71. The fourth-order valence-electron chi connectivity index (χ4n) is 2.14. The number of hydrogen-bond acceptors (Lipinski definition) is 2. The molecule has 0 aromatic heterocycles. The Bertz CT molecular complexity index is 167. The molecule has 0 aromatic rings. The molecular weight excluding hydrogens is 236 g/mol. The molecular formula is C17H36O2. The predicted molar refractivity (Wildman–Crippen MR) is 83.5 cm³/mol. The van der Waals surface area contributed by atoms with Gasteiger partial charge in [-0.05, 0) is 25.7 Å². The van der Waals surface area contributed by atoms with E-state index in [1.165, 1.54) is 64.2 Å². The van der Waals surface area contributed by atoms with Gasteiger partial charge < -0.3 is 9.84 Å². The number of epoxide rings is 1. The van der Waals surface area contributed by atoms with Crippen LogP contribution in [0.5, 0.6) is 0 Å². The SMILES string of the molecule is CC1CO1.CCCCCCCC(CO)CCCCC. The Kier molecular flexibility index (Phi) is 14.3. The molecule has 0 spiro atoms. The van der Waals surface area contributed by atoms with Gasteiger partial charge in [-0.1, -0.05) is 65.2 Å². The van der Waals surface area contributed by atoms with Gasteiger partial charge in [0.2, 0.25) is 0 Å². The molecule has 1 rings (SSSR count). The maximum Gasteiger partial charge on any atom is 0.0781 e. The van der Waals surface area contributed by atoms with Gasteiger partial charge in [0, 0.05) is 6.61 Å². The minimum Gasteiger partial charge on any atom is -0.396 e. The summed E-state index contributed by atoms with van der Waals surface area (Å²) in [7, 11) is 0. The molecule has 2 heteroatoms. The number of ether oxygens (including phenoxy) is 1. The van der Waals surface area contributed by atoms with Crippen LogP contribution < -0.4 is 0 Å².